The number of nitrogens with zero attached hydrogens (tertiary/aromatic N) is 3. The molecule has 0 unspecified atom stereocenters. The summed E-state index contributed by atoms with van der Waals surface area (Å²) in [5.41, 5.74) is 0. The smallest absolute Gasteiger partial charge is 0.247 e. The maximum atomic E-state index is 11.6. The number of sulfonamides is 1. The van der Waals surface area contributed by atoms with Crippen molar-refractivity contribution in [1.82, 2.24) is 20.3 Å². The summed E-state index contributed by atoms with van der Waals surface area (Å²) in [6.45, 7) is 0.717. The van der Waals surface area contributed by atoms with Gasteiger partial charge in [0, 0.05) is 17.5 Å². The maximum absolute atomic E-state index is 11.6. The molecular formula is C10H13N5O3S2. The molecule has 108 valence electrons. The monoisotopic (exact) mass is 315 g/mol. The van der Waals surface area contributed by atoms with Crippen molar-refractivity contribution >= 4 is 27.3 Å². The van der Waals surface area contributed by atoms with E-state index >= 15 is 0 Å². The lowest BCUT2D eigenvalue weighted by Crippen LogP contribution is -2.23. The lowest BCUT2D eigenvalue weighted by Gasteiger charge is -2.03. The van der Waals surface area contributed by atoms with E-state index in [0.717, 1.165) is 16.2 Å². The van der Waals surface area contributed by atoms with Gasteiger partial charge in [0.2, 0.25) is 15.9 Å². The van der Waals surface area contributed by atoms with E-state index in [1.807, 2.05) is 0 Å². The number of nitrogens with two attached hydrogens (primary N) is 1. The minimum atomic E-state index is -3.67. The fourth-order valence-electron chi connectivity index (χ4n) is 1.45. The van der Waals surface area contributed by atoms with Gasteiger partial charge in [0.05, 0.1) is 19.3 Å². The van der Waals surface area contributed by atoms with E-state index in [9.17, 15) is 13.2 Å². The largest absolute Gasteiger partial charge is 0.351 e. The third-order valence-electron chi connectivity index (χ3n) is 2.42. The van der Waals surface area contributed by atoms with Crippen LogP contribution >= 0.6 is 11.3 Å². The molecule has 20 heavy (non-hydrogen) atoms. The third-order valence-corrected chi connectivity index (χ3v) is 4.94. The molecule has 0 atom stereocenters. The Kier molecular flexibility index (Phi) is 4.47. The Morgan fingerprint density at radius 2 is 2.25 bits per heavy atom. The van der Waals surface area contributed by atoms with Crippen LogP contribution in [0.3, 0.4) is 0 Å². The molecular weight excluding hydrogens is 302 g/mol. The molecule has 0 saturated carbocycles. The molecule has 1 amide bonds. The zero-order chi connectivity index (χ0) is 14.6. The number of amides is 1. The Morgan fingerprint density at radius 1 is 1.45 bits per heavy atom. The SMILES string of the molecule is NS(=O)(=O)c1ccc(CNC(=O)CCn2ccnn2)s1. The van der Waals surface area contributed by atoms with Crippen LogP contribution in [0.25, 0.3) is 0 Å². The van der Waals surface area contributed by atoms with Crippen LogP contribution in [-0.2, 0) is 27.9 Å². The van der Waals surface area contributed by atoms with E-state index in [2.05, 4.69) is 15.6 Å². The number of aryl methyl sites for hydroxylation is 1. The van der Waals surface area contributed by atoms with Gasteiger partial charge in [-0.2, -0.15) is 0 Å². The summed E-state index contributed by atoms with van der Waals surface area (Å²) in [4.78, 5) is 12.3. The van der Waals surface area contributed by atoms with Crippen molar-refractivity contribution in [2.75, 3.05) is 0 Å². The zero-order valence-corrected chi connectivity index (χ0v) is 12.0. The molecule has 0 fully saturated rings. The summed E-state index contributed by atoms with van der Waals surface area (Å²) < 4.78 is 23.9. The molecule has 0 aliphatic rings. The molecule has 10 heteroatoms. The van der Waals surface area contributed by atoms with Crippen molar-refractivity contribution in [3.8, 4) is 0 Å². The second-order valence-electron chi connectivity index (χ2n) is 3.96. The van der Waals surface area contributed by atoms with Crippen LogP contribution in [0.15, 0.2) is 28.7 Å². The van der Waals surface area contributed by atoms with Gasteiger partial charge in [0.25, 0.3) is 0 Å². The number of hydrogen-bond donors (Lipinski definition) is 2. The van der Waals surface area contributed by atoms with Gasteiger partial charge in [-0.05, 0) is 12.1 Å². The molecule has 0 radical (unpaired) electrons. The first-order valence-electron chi connectivity index (χ1n) is 5.67. The van der Waals surface area contributed by atoms with Crippen molar-refractivity contribution in [2.24, 2.45) is 5.14 Å². The van der Waals surface area contributed by atoms with Crippen LogP contribution in [0.4, 0.5) is 0 Å². The number of carbonyl (C=O) groups is 1. The van der Waals surface area contributed by atoms with E-state index < -0.39 is 10.0 Å². The molecule has 0 aliphatic carbocycles. The van der Waals surface area contributed by atoms with Gasteiger partial charge in [-0.1, -0.05) is 5.21 Å². The van der Waals surface area contributed by atoms with Gasteiger partial charge in [-0.15, -0.1) is 16.4 Å². The molecule has 8 nitrogen and oxygen atoms in total. The van der Waals surface area contributed by atoms with Gasteiger partial charge in [-0.25, -0.2) is 13.6 Å². The summed E-state index contributed by atoms with van der Waals surface area (Å²) in [7, 11) is -3.67. The molecule has 0 aromatic carbocycles. The summed E-state index contributed by atoms with van der Waals surface area (Å²) in [5, 5.41) is 15.1. The lowest BCUT2D eigenvalue weighted by atomic mass is 10.4. The predicted octanol–water partition coefficient (Wildman–Crippen LogP) is -0.307. The second kappa shape index (κ2) is 6.11. The third kappa shape index (κ3) is 4.11. The molecule has 0 bridgehead atoms. The lowest BCUT2D eigenvalue weighted by molar-refractivity contribution is -0.121. The van der Waals surface area contributed by atoms with Gasteiger partial charge < -0.3 is 5.32 Å². The van der Waals surface area contributed by atoms with Crippen molar-refractivity contribution < 1.29 is 13.2 Å². The Hall–Kier alpha value is -1.78. The fraction of sp³-hybridized carbons (Fsp3) is 0.300. The predicted molar refractivity (Wildman–Crippen MR) is 72.2 cm³/mol. The van der Waals surface area contributed by atoms with Gasteiger partial charge in [0.15, 0.2) is 0 Å². The van der Waals surface area contributed by atoms with Gasteiger partial charge >= 0.3 is 0 Å². The number of primary sulfonamides is 1. The van der Waals surface area contributed by atoms with Crippen LogP contribution in [0.5, 0.6) is 0 Å². The van der Waals surface area contributed by atoms with Gasteiger partial charge in [0.1, 0.15) is 4.21 Å². The minimum Gasteiger partial charge on any atom is -0.351 e. The summed E-state index contributed by atoms with van der Waals surface area (Å²) >= 11 is 1.04. The highest BCUT2D eigenvalue weighted by atomic mass is 32.2. The number of rotatable bonds is 6. The van der Waals surface area contributed by atoms with Crippen LogP contribution < -0.4 is 10.5 Å². The molecule has 2 rings (SSSR count). The van der Waals surface area contributed by atoms with E-state index in [-0.39, 0.29) is 23.1 Å². The fourth-order valence-corrected chi connectivity index (χ4v) is 3.17. The number of carbonyl (C=O) groups excluding carboxylic acids is 1. The average Bonchev–Trinajstić information content (AvgIpc) is 3.04. The summed E-state index contributed by atoms with van der Waals surface area (Å²) in [5.74, 6) is -0.147. The first-order chi connectivity index (χ1) is 9.45. The number of hydrogen-bond acceptors (Lipinski definition) is 6. The van der Waals surface area contributed by atoms with E-state index in [4.69, 9.17) is 5.14 Å². The Labute approximate surface area is 119 Å². The normalized spacial score (nSPS) is 11.4. The Balaban J connectivity index is 1.80. The molecule has 2 aromatic heterocycles. The Bertz CT molecular complexity index is 678. The van der Waals surface area contributed by atoms with Gasteiger partial charge in [-0.3, -0.25) is 9.48 Å². The van der Waals surface area contributed by atoms with Crippen LogP contribution in [-0.4, -0.2) is 29.3 Å². The molecule has 0 spiro atoms. The van der Waals surface area contributed by atoms with Crippen molar-refractivity contribution in [3.05, 3.63) is 29.4 Å². The van der Waals surface area contributed by atoms with Crippen molar-refractivity contribution in [2.45, 2.75) is 23.7 Å². The average molecular weight is 315 g/mol. The molecule has 3 N–H and O–H groups in total. The highest BCUT2D eigenvalue weighted by Crippen LogP contribution is 2.19. The molecule has 0 saturated heterocycles. The van der Waals surface area contributed by atoms with Crippen LogP contribution in [0.1, 0.15) is 11.3 Å². The highest BCUT2D eigenvalue weighted by molar-refractivity contribution is 7.91. The quantitative estimate of drug-likeness (QED) is 0.758. The standard InChI is InChI=1S/C10H13N5O3S2/c11-20(17,18)10-2-1-8(19-10)7-12-9(16)3-5-15-6-4-13-14-15/h1-2,4,6H,3,5,7H2,(H,12,16)(H2,11,17,18). The van der Waals surface area contributed by atoms with E-state index in [0.29, 0.717) is 6.54 Å². The van der Waals surface area contributed by atoms with Crippen molar-refractivity contribution in [3.63, 3.8) is 0 Å². The van der Waals surface area contributed by atoms with Crippen LogP contribution in [0.2, 0.25) is 0 Å². The Morgan fingerprint density at radius 3 is 2.85 bits per heavy atom. The maximum Gasteiger partial charge on any atom is 0.247 e. The van der Waals surface area contributed by atoms with E-state index in [1.54, 1.807) is 23.1 Å². The molecule has 0 aliphatic heterocycles. The molecule has 2 aromatic rings. The summed E-state index contributed by atoms with van der Waals surface area (Å²) in [6.07, 6.45) is 3.49. The zero-order valence-electron chi connectivity index (χ0n) is 10.4. The minimum absolute atomic E-state index is 0.0874. The number of aromatic nitrogens is 3. The van der Waals surface area contributed by atoms with Crippen LogP contribution in [0, 0.1) is 0 Å². The molecule has 2 heterocycles. The van der Waals surface area contributed by atoms with E-state index in [1.165, 1.54) is 6.07 Å². The highest BCUT2D eigenvalue weighted by Gasteiger charge is 2.11. The van der Waals surface area contributed by atoms with Crippen molar-refractivity contribution in [1.29, 1.82) is 0 Å². The second-order valence-corrected chi connectivity index (χ2v) is 6.92. The summed E-state index contributed by atoms with van der Waals surface area (Å²) in [6, 6.07) is 3.05. The first-order valence-corrected chi connectivity index (χ1v) is 8.04. The number of nitrogens with one attached hydrogen (secondary N) is 1. The topological polar surface area (TPSA) is 120 Å². The first kappa shape index (κ1) is 14.6. The number of thiophene rings is 1.